The second-order valence-electron chi connectivity index (χ2n) is 9.72. The molecule has 0 aliphatic carbocycles. The topological polar surface area (TPSA) is 130 Å². The fourth-order valence-corrected chi connectivity index (χ4v) is 4.01. The molecule has 0 aliphatic heterocycles. The van der Waals surface area contributed by atoms with Crippen molar-refractivity contribution in [2.45, 2.75) is 6.42 Å². The van der Waals surface area contributed by atoms with Gasteiger partial charge >= 0.3 is 12.1 Å². The number of benzene rings is 4. The molecule has 10 nitrogen and oxygen atoms in total. The van der Waals surface area contributed by atoms with Gasteiger partial charge in [0.15, 0.2) is 0 Å². The van der Waals surface area contributed by atoms with Gasteiger partial charge in [0.1, 0.15) is 11.6 Å². The van der Waals surface area contributed by atoms with Crippen LogP contribution in [-0.4, -0.2) is 71.0 Å². The molecule has 4 aromatic carbocycles. The predicted octanol–water partition coefficient (Wildman–Crippen LogP) is 5.28. The van der Waals surface area contributed by atoms with Crippen molar-refractivity contribution in [2.75, 3.05) is 36.9 Å². The van der Waals surface area contributed by atoms with Gasteiger partial charge in [-0.25, -0.2) is 28.4 Å². The maximum atomic E-state index is 13.1. The first-order valence-electron chi connectivity index (χ1n) is 14.0. The fraction of sp³-hybridized carbons (Fsp3) is 0.152. The lowest BCUT2D eigenvalue weighted by Gasteiger charge is -2.17. The number of nitrogens with zero attached hydrogens (tertiary/aromatic N) is 4. The van der Waals surface area contributed by atoms with Crippen molar-refractivity contribution in [1.82, 2.24) is 10.0 Å². The number of urea groups is 2. The van der Waals surface area contributed by atoms with E-state index in [4.69, 9.17) is 0 Å². The number of carbonyl (C=O) groups is 2. The molecule has 0 radical (unpaired) electrons. The molecule has 0 aliphatic rings. The molecule has 4 rings (SSSR count). The lowest BCUT2D eigenvalue weighted by atomic mass is 10.0. The molecule has 0 spiro atoms. The number of hydrogen-bond donors (Lipinski definition) is 4. The van der Waals surface area contributed by atoms with E-state index in [-0.39, 0.29) is 37.9 Å². The summed E-state index contributed by atoms with van der Waals surface area (Å²) >= 11 is 0. The van der Waals surface area contributed by atoms with Crippen LogP contribution in [0.25, 0.3) is 0 Å². The largest absolute Gasteiger partial charge is 0.394 e. The monoisotopic (exact) mass is 614 g/mol. The number of hydrazone groups is 2. The van der Waals surface area contributed by atoms with E-state index in [1.807, 2.05) is 24.3 Å². The molecule has 4 amide bonds. The fourth-order valence-electron chi connectivity index (χ4n) is 4.01. The minimum absolute atomic E-state index is 0.0270. The number of aliphatic hydroxyl groups is 2. The highest BCUT2D eigenvalue weighted by Gasteiger charge is 2.13. The molecule has 0 atom stereocenters. The van der Waals surface area contributed by atoms with Crippen LogP contribution in [0.5, 0.6) is 0 Å². The Kier molecular flexibility index (Phi) is 11.8. The zero-order chi connectivity index (χ0) is 32.0. The highest BCUT2D eigenvalue weighted by Crippen LogP contribution is 2.17. The number of anilines is 2. The van der Waals surface area contributed by atoms with Gasteiger partial charge in [0, 0.05) is 11.4 Å². The number of hydrogen-bond acceptors (Lipinski definition) is 6. The van der Waals surface area contributed by atoms with Crippen molar-refractivity contribution >= 4 is 35.9 Å². The highest BCUT2D eigenvalue weighted by molar-refractivity contribution is 5.91. The van der Waals surface area contributed by atoms with Crippen LogP contribution in [-0.2, 0) is 6.42 Å². The summed E-state index contributed by atoms with van der Waals surface area (Å²) in [5.41, 5.74) is 4.24. The molecule has 4 aromatic rings. The summed E-state index contributed by atoms with van der Waals surface area (Å²) in [5, 5.41) is 34.6. The van der Waals surface area contributed by atoms with Gasteiger partial charge in [0.05, 0.1) is 38.7 Å². The number of amides is 4. The second kappa shape index (κ2) is 16.4. The van der Waals surface area contributed by atoms with E-state index in [9.17, 15) is 28.6 Å². The van der Waals surface area contributed by atoms with Gasteiger partial charge in [-0.3, -0.25) is 0 Å². The molecule has 0 fully saturated rings. The molecular weight excluding hydrogens is 582 g/mol. The van der Waals surface area contributed by atoms with Crippen molar-refractivity contribution in [1.29, 1.82) is 0 Å². The Morgan fingerprint density at radius 1 is 0.600 bits per heavy atom. The van der Waals surface area contributed by atoms with Crippen molar-refractivity contribution in [3.63, 3.8) is 0 Å². The predicted molar refractivity (Wildman–Crippen MR) is 169 cm³/mol. The lowest BCUT2D eigenvalue weighted by Crippen LogP contribution is -2.33. The van der Waals surface area contributed by atoms with E-state index in [0.717, 1.165) is 21.1 Å². The van der Waals surface area contributed by atoms with E-state index in [1.165, 1.54) is 61.0 Å². The standard InChI is InChI=1S/C33H32F2N6O4/c34-28-9-1-26(2-10-28)22-36-40(17-19-42)32(44)38-30-13-5-24(6-14-30)21-25-7-15-31(16-8-25)39-33(45)41(18-20-43)37-23-27-3-11-29(35)12-4-27/h1-16,22-23,42-43H,17-21H2,(H,38,44)(H,39,45)/b36-22+,37-23+. The molecule has 0 unspecified atom stereocenters. The normalized spacial score (nSPS) is 11.1. The number of rotatable bonds is 12. The molecule has 0 heterocycles. The van der Waals surface area contributed by atoms with Crippen LogP contribution in [0, 0.1) is 11.6 Å². The molecule has 12 heteroatoms. The van der Waals surface area contributed by atoms with Gasteiger partial charge in [-0.1, -0.05) is 48.5 Å². The highest BCUT2D eigenvalue weighted by atomic mass is 19.1. The Labute approximate surface area is 258 Å². The van der Waals surface area contributed by atoms with Crippen LogP contribution in [0.3, 0.4) is 0 Å². The first-order chi connectivity index (χ1) is 21.8. The molecule has 0 saturated heterocycles. The molecule has 232 valence electrons. The molecular formula is C33H32F2N6O4. The third kappa shape index (κ3) is 10.3. The summed E-state index contributed by atoms with van der Waals surface area (Å²) in [5.74, 6) is -0.758. The van der Waals surface area contributed by atoms with Crippen molar-refractivity contribution in [3.8, 4) is 0 Å². The summed E-state index contributed by atoms with van der Waals surface area (Å²) in [7, 11) is 0. The van der Waals surface area contributed by atoms with Crippen molar-refractivity contribution in [3.05, 3.63) is 131 Å². The Bertz CT molecular complexity index is 1480. The maximum Gasteiger partial charge on any atom is 0.342 e. The first kappa shape index (κ1) is 32.5. The van der Waals surface area contributed by atoms with Gasteiger partial charge in [0.25, 0.3) is 0 Å². The summed E-state index contributed by atoms with van der Waals surface area (Å²) in [6.45, 7) is -0.634. The number of carbonyl (C=O) groups excluding carboxylic acids is 2. The van der Waals surface area contributed by atoms with Gasteiger partial charge in [0.2, 0.25) is 0 Å². The van der Waals surface area contributed by atoms with Crippen molar-refractivity contribution < 1.29 is 28.6 Å². The average Bonchev–Trinajstić information content (AvgIpc) is 3.04. The number of nitrogens with one attached hydrogen (secondary N) is 2. The number of halogens is 2. The Hall–Kier alpha value is -5.46. The first-order valence-corrected chi connectivity index (χ1v) is 14.0. The smallest absolute Gasteiger partial charge is 0.342 e. The lowest BCUT2D eigenvalue weighted by molar-refractivity contribution is 0.191. The van der Waals surface area contributed by atoms with Crippen LogP contribution in [0.15, 0.2) is 107 Å². The third-order valence-electron chi connectivity index (χ3n) is 6.34. The van der Waals surface area contributed by atoms with E-state index < -0.39 is 12.1 Å². The summed E-state index contributed by atoms with van der Waals surface area (Å²) in [6, 6.07) is 24.7. The van der Waals surface area contributed by atoms with Gasteiger partial charge in [-0.05, 0) is 77.2 Å². The number of aliphatic hydroxyl groups excluding tert-OH is 2. The molecule has 0 bridgehead atoms. The van der Waals surface area contributed by atoms with Crippen LogP contribution in [0.4, 0.5) is 29.7 Å². The maximum absolute atomic E-state index is 13.1. The van der Waals surface area contributed by atoms with Crippen molar-refractivity contribution in [2.24, 2.45) is 10.2 Å². The van der Waals surface area contributed by atoms with Gasteiger partial charge in [-0.2, -0.15) is 10.2 Å². The van der Waals surface area contributed by atoms with Crippen LogP contribution in [0.2, 0.25) is 0 Å². The van der Waals surface area contributed by atoms with Crippen LogP contribution >= 0.6 is 0 Å². The third-order valence-corrected chi connectivity index (χ3v) is 6.34. The van der Waals surface area contributed by atoms with E-state index >= 15 is 0 Å². The summed E-state index contributed by atoms with van der Waals surface area (Å²) < 4.78 is 26.2. The van der Waals surface area contributed by atoms with Gasteiger partial charge < -0.3 is 20.8 Å². The summed E-state index contributed by atoms with van der Waals surface area (Å²) in [4.78, 5) is 25.4. The van der Waals surface area contributed by atoms with Crippen LogP contribution in [0.1, 0.15) is 22.3 Å². The molecule has 45 heavy (non-hydrogen) atoms. The van der Waals surface area contributed by atoms with E-state index in [2.05, 4.69) is 20.8 Å². The zero-order valence-corrected chi connectivity index (χ0v) is 24.2. The zero-order valence-electron chi connectivity index (χ0n) is 24.2. The van der Waals surface area contributed by atoms with E-state index in [1.54, 1.807) is 24.3 Å². The Balaban J connectivity index is 1.30. The quantitative estimate of drug-likeness (QED) is 0.128. The minimum atomic E-state index is -0.536. The second-order valence-corrected chi connectivity index (χ2v) is 9.72. The molecule has 0 saturated carbocycles. The molecule has 0 aromatic heterocycles. The summed E-state index contributed by atoms with van der Waals surface area (Å²) in [6.07, 6.45) is 3.41. The SMILES string of the molecule is O=C(Nc1ccc(Cc2ccc(NC(=O)N(CCO)/N=C/c3ccc(F)cc3)cc2)cc1)N(CCO)/N=C/c1ccc(F)cc1. The Morgan fingerprint density at radius 2 is 0.956 bits per heavy atom. The minimum Gasteiger partial charge on any atom is -0.394 e. The van der Waals surface area contributed by atoms with Gasteiger partial charge in [-0.15, -0.1) is 0 Å². The van der Waals surface area contributed by atoms with Crippen LogP contribution < -0.4 is 10.6 Å². The Morgan fingerprint density at radius 3 is 1.29 bits per heavy atom. The van der Waals surface area contributed by atoms with E-state index in [0.29, 0.717) is 28.9 Å². The average molecular weight is 615 g/mol. The molecule has 4 N–H and O–H groups in total.